The first kappa shape index (κ1) is 30.1. The summed E-state index contributed by atoms with van der Waals surface area (Å²) < 4.78 is 47.8. The molecule has 0 saturated carbocycles. The molecule has 2 heterocycles. The molecule has 0 amide bonds. The fourth-order valence-corrected chi connectivity index (χ4v) is 17.8. The first-order chi connectivity index (χ1) is 15.2. The Labute approximate surface area is 218 Å². The van der Waals surface area contributed by atoms with Gasteiger partial charge in [0.1, 0.15) is 0 Å². The summed E-state index contributed by atoms with van der Waals surface area (Å²) >= 11 is 10.1. The van der Waals surface area contributed by atoms with Gasteiger partial charge < -0.3 is 18.1 Å². The van der Waals surface area contributed by atoms with Gasteiger partial charge in [0.2, 0.25) is 0 Å². The molecule has 2 aliphatic heterocycles. The summed E-state index contributed by atoms with van der Waals surface area (Å²) in [6.45, 7) is 4.15. The summed E-state index contributed by atoms with van der Waals surface area (Å²) in [7, 11) is -0.333. The lowest BCUT2D eigenvalue weighted by molar-refractivity contribution is 0.278. The minimum absolute atomic E-state index is 0.206. The van der Waals surface area contributed by atoms with E-state index in [4.69, 9.17) is 18.1 Å². The van der Waals surface area contributed by atoms with Crippen LogP contribution in [0, 0.1) is 0 Å². The van der Waals surface area contributed by atoms with Gasteiger partial charge in [-0.25, -0.2) is 0 Å². The van der Waals surface area contributed by atoms with Crippen LogP contribution >= 0.6 is 85.8 Å². The maximum atomic E-state index is 12.6. The number of thioether (sulfide) groups is 6. The minimum Gasteiger partial charge on any atom is -0.311 e. The van der Waals surface area contributed by atoms with Crippen LogP contribution in [0.15, 0.2) is 18.3 Å². The Balaban J connectivity index is 1.59. The summed E-state index contributed by atoms with van der Waals surface area (Å²) in [6, 6.07) is 0. The summed E-state index contributed by atoms with van der Waals surface area (Å²) in [5.41, 5.74) is 0. The molecule has 0 radical (unpaired) electrons. The molecule has 186 valence electrons. The molecule has 0 aromatic carbocycles. The van der Waals surface area contributed by atoms with Crippen molar-refractivity contribution in [3.05, 3.63) is 18.3 Å². The van der Waals surface area contributed by atoms with E-state index >= 15 is 0 Å². The van der Waals surface area contributed by atoms with Gasteiger partial charge in [-0.15, -0.1) is 47.0 Å². The summed E-state index contributed by atoms with van der Waals surface area (Å²) in [6.07, 6.45) is 4.71. The van der Waals surface area contributed by atoms with E-state index in [-0.39, 0.29) is 8.65 Å². The zero-order chi connectivity index (χ0) is 23.8. The highest BCUT2D eigenvalue weighted by atomic mass is 32.2. The molecule has 0 aromatic heterocycles. The van der Waals surface area contributed by atoms with E-state index in [1.165, 1.54) is 59.6 Å². The van der Waals surface area contributed by atoms with E-state index in [0.717, 1.165) is 24.3 Å². The van der Waals surface area contributed by atoms with Gasteiger partial charge in [-0.2, -0.15) is 0 Å². The fraction of sp³-hybridized carbons (Fsp3) is 0.778. The van der Waals surface area contributed by atoms with Gasteiger partial charge in [0.15, 0.2) is 8.65 Å². The molecule has 0 bridgehead atoms. The van der Waals surface area contributed by atoms with Gasteiger partial charge in [0.25, 0.3) is 0 Å². The summed E-state index contributed by atoms with van der Waals surface area (Å²) in [5, 5.41) is 0. The molecular formula is C18H32O6P2S6. The zero-order valence-corrected chi connectivity index (χ0v) is 25.9. The molecule has 14 heteroatoms. The van der Waals surface area contributed by atoms with Crippen LogP contribution in [-0.2, 0) is 27.2 Å². The van der Waals surface area contributed by atoms with Crippen molar-refractivity contribution in [2.24, 2.45) is 0 Å². The van der Waals surface area contributed by atoms with Crippen molar-refractivity contribution in [2.45, 2.75) is 48.2 Å². The van der Waals surface area contributed by atoms with Crippen molar-refractivity contribution in [1.82, 2.24) is 0 Å². The highest BCUT2D eigenvalue weighted by Crippen LogP contribution is 2.69. The normalized spacial score (nSPS) is 22.4. The fourth-order valence-electron chi connectivity index (χ4n) is 2.71. The first-order valence-corrected chi connectivity index (χ1v) is 18.7. The van der Waals surface area contributed by atoms with Gasteiger partial charge in [-0.3, -0.25) is 9.13 Å². The van der Waals surface area contributed by atoms with Crippen LogP contribution in [0.25, 0.3) is 0 Å². The Hall–Kier alpha value is 1.88. The lowest BCUT2D eigenvalue weighted by Gasteiger charge is -2.18. The molecule has 2 rings (SSSR count). The molecule has 0 aliphatic carbocycles. The van der Waals surface area contributed by atoms with Crippen LogP contribution in [0.4, 0.5) is 0 Å². The second-order valence-electron chi connectivity index (χ2n) is 6.69. The van der Waals surface area contributed by atoms with Gasteiger partial charge in [0.05, 0.1) is 8.47 Å². The van der Waals surface area contributed by atoms with Crippen molar-refractivity contribution < 1.29 is 27.2 Å². The molecule has 6 nitrogen and oxygen atoms in total. The molecule has 0 saturated heterocycles. The lowest BCUT2D eigenvalue weighted by Crippen LogP contribution is -1.99. The second-order valence-corrected chi connectivity index (χ2v) is 20.9. The molecule has 0 aromatic rings. The molecule has 2 aliphatic rings. The monoisotopic (exact) mass is 598 g/mol. The average molecular weight is 599 g/mol. The Morgan fingerprint density at radius 1 is 0.656 bits per heavy atom. The van der Waals surface area contributed by atoms with Crippen molar-refractivity contribution in [3.8, 4) is 0 Å². The van der Waals surface area contributed by atoms with Crippen molar-refractivity contribution in [3.63, 3.8) is 0 Å². The van der Waals surface area contributed by atoms with Crippen LogP contribution in [-0.4, -0.2) is 48.6 Å². The van der Waals surface area contributed by atoms with E-state index in [1.807, 2.05) is 23.5 Å². The maximum absolute atomic E-state index is 12.6. The maximum Gasteiger partial charge on any atom is 0.353 e. The van der Waals surface area contributed by atoms with E-state index in [9.17, 15) is 9.13 Å². The van der Waals surface area contributed by atoms with Crippen LogP contribution in [0.3, 0.4) is 0 Å². The van der Waals surface area contributed by atoms with Crippen molar-refractivity contribution in [1.29, 1.82) is 0 Å². The van der Waals surface area contributed by atoms with Crippen molar-refractivity contribution in [2.75, 3.05) is 39.9 Å². The largest absolute Gasteiger partial charge is 0.353 e. The van der Waals surface area contributed by atoms with Gasteiger partial charge >= 0.3 is 15.2 Å². The number of unbranched alkanes of at least 4 members (excludes halogenated alkanes) is 3. The Bertz CT molecular complexity index is 712. The summed E-state index contributed by atoms with van der Waals surface area (Å²) in [4.78, 5) is 2.41. The number of hydrogen-bond acceptors (Lipinski definition) is 12. The van der Waals surface area contributed by atoms with Crippen molar-refractivity contribution >= 4 is 85.8 Å². The second kappa shape index (κ2) is 14.6. The Morgan fingerprint density at radius 3 is 1.31 bits per heavy atom. The predicted octanol–water partition coefficient (Wildman–Crippen LogP) is 8.89. The highest BCUT2D eigenvalue weighted by molar-refractivity contribution is 8.36. The molecule has 2 atom stereocenters. The van der Waals surface area contributed by atoms with Gasteiger partial charge in [-0.05, 0) is 38.2 Å². The van der Waals surface area contributed by atoms with Gasteiger partial charge in [-0.1, -0.05) is 36.4 Å². The van der Waals surface area contributed by atoms with Crippen LogP contribution in [0.5, 0.6) is 0 Å². The number of allylic oxidation sites excluding steroid dienone is 2. The number of rotatable bonds is 15. The summed E-state index contributed by atoms with van der Waals surface area (Å²) in [5.74, 6) is 2.12. The Kier molecular flexibility index (Phi) is 13.7. The topological polar surface area (TPSA) is 71.1 Å². The molecule has 0 N–H and O–H groups in total. The van der Waals surface area contributed by atoms with Gasteiger partial charge in [0, 0.05) is 38.2 Å². The van der Waals surface area contributed by atoms with E-state index in [0.29, 0.717) is 0 Å². The van der Waals surface area contributed by atoms with E-state index < -0.39 is 15.2 Å². The molecule has 0 fully saturated rings. The zero-order valence-electron chi connectivity index (χ0n) is 19.2. The van der Waals surface area contributed by atoms with Crippen LogP contribution < -0.4 is 0 Å². The third-order valence-electron chi connectivity index (χ3n) is 4.59. The van der Waals surface area contributed by atoms with E-state index in [1.54, 1.807) is 47.0 Å². The smallest absolute Gasteiger partial charge is 0.311 e. The molecule has 2 unspecified atom stereocenters. The highest BCUT2D eigenvalue weighted by Gasteiger charge is 2.41. The van der Waals surface area contributed by atoms with Crippen LogP contribution in [0.1, 0.15) is 39.5 Å². The molecule has 0 spiro atoms. The predicted molar refractivity (Wildman–Crippen MR) is 150 cm³/mol. The first-order valence-electron chi connectivity index (χ1n) is 9.99. The third-order valence-corrected chi connectivity index (χ3v) is 20.1. The molecular weight excluding hydrogens is 567 g/mol. The SMILES string of the molecule is COP(=O)(OC)C1SC(C)=C(SCCCCCCSC2=C(C)SC(P(=O)(OC)OC)S2)S1. The Morgan fingerprint density at radius 2 is 1.00 bits per heavy atom. The minimum atomic E-state index is -3.06. The number of hydrogen-bond donors (Lipinski definition) is 0. The van der Waals surface area contributed by atoms with Crippen LogP contribution in [0.2, 0.25) is 0 Å². The average Bonchev–Trinajstić information content (AvgIpc) is 3.37. The quantitative estimate of drug-likeness (QED) is 0.133. The lowest BCUT2D eigenvalue weighted by atomic mass is 10.2. The third kappa shape index (κ3) is 8.20. The standard InChI is InChI=1S/C18H32O6P2S6/c1-13-15(31-17(29-13)25(19,21-3)22-4)27-11-9-7-8-10-12-28-16-14(2)30-18(32-16)26(20,23-5)24-6/h17-18H,7-12H2,1-6H3. The van der Waals surface area contributed by atoms with E-state index in [2.05, 4.69) is 13.8 Å². The molecule has 32 heavy (non-hydrogen) atoms.